The number of aliphatic imine (C=N–C) groups is 1. The lowest BCUT2D eigenvalue weighted by molar-refractivity contribution is -0.0816. The predicted octanol–water partition coefficient (Wildman–Crippen LogP) is 1.39. The maximum absolute atomic E-state index is 12.1. The van der Waals surface area contributed by atoms with Gasteiger partial charge in [-0.15, -0.1) is 0 Å². The SMILES string of the molecule is CN=C(NCCc1cccc(C(=O)N(C)C)c1)N1CCOC(C2CCCO2)C1. The number of hydrogen-bond acceptors (Lipinski definition) is 4. The summed E-state index contributed by atoms with van der Waals surface area (Å²) in [6, 6.07) is 7.82. The molecule has 0 aromatic heterocycles. The molecule has 28 heavy (non-hydrogen) atoms. The molecule has 2 aliphatic heterocycles. The molecule has 0 radical (unpaired) electrons. The molecule has 1 aromatic carbocycles. The van der Waals surface area contributed by atoms with Crippen LogP contribution in [0, 0.1) is 0 Å². The van der Waals surface area contributed by atoms with Crippen LogP contribution in [0.4, 0.5) is 0 Å². The summed E-state index contributed by atoms with van der Waals surface area (Å²) in [5.74, 6) is 0.922. The van der Waals surface area contributed by atoms with Gasteiger partial charge in [0.25, 0.3) is 5.91 Å². The smallest absolute Gasteiger partial charge is 0.253 e. The van der Waals surface area contributed by atoms with Crippen LogP contribution in [-0.2, 0) is 15.9 Å². The summed E-state index contributed by atoms with van der Waals surface area (Å²) in [6.07, 6.45) is 3.34. The van der Waals surface area contributed by atoms with Crippen molar-refractivity contribution in [1.82, 2.24) is 15.1 Å². The first kappa shape index (κ1) is 20.6. The van der Waals surface area contributed by atoms with Crippen molar-refractivity contribution in [2.24, 2.45) is 4.99 Å². The van der Waals surface area contributed by atoms with Gasteiger partial charge in [0.1, 0.15) is 6.10 Å². The Morgan fingerprint density at radius 3 is 2.82 bits per heavy atom. The molecule has 1 amide bonds. The quantitative estimate of drug-likeness (QED) is 0.610. The van der Waals surface area contributed by atoms with E-state index in [0.717, 1.165) is 62.6 Å². The summed E-state index contributed by atoms with van der Waals surface area (Å²) in [7, 11) is 5.36. The number of rotatable bonds is 5. The topological polar surface area (TPSA) is 66.4 Å². The monoisotopic (exact) mass is 388 g/mol. The maximum Gasteiger partial charge on any atom is 0.253 e. The molecule has 0 aliphatic carbocycles. The van der Waals surface area contributed by atoms with Crippen LogP contribution >= 0.6 is 0 Å². The minimum absolute atomic E-state index is 0.0270. The van der Waals surface area contributed by atoms with E-state index in [0.29, 0.717) is 6.61 Å². The number of benzene rings is 1. The number of amides is 1. The van der Waals surface area contributed by atoms with Gasteiger partial charge in [-0.25, -0.2) is 0 Å². The number of carbonyl (C=O) groups excluding carboxylic acids is 1. The maximum atomic E-state index is 12.1. The standard InChI is InChI=1S/C21H32N4O3/c1-22-21(25-11-13-28-19(15-25)18-8-5-12-27-18)23-10-9-16-6-4-7-17(14-16)20(26)24(2)3/h4,6-7,14,18-19H,5,8-13,15H2,1-3H3,(H,22,23). The van der Waals surface area contributed by atoms with Crippen LogP contribution in [0.25, 0.3) is 0 Å². The molecule has 3 rings (SSSR count). The average Bonchev–Trinajstić information content (AvgIpc) is 3.26. The van der Waals surface area contributed by atoms with Gasteiger partial charge in [-0.2, -0.15) is 0 Å². The van der Waals surface area contributed by atoms with Gasteiger partial charge in [0, 0.05) is 52.9 Å². The lowest BCUT2D eigenvalue weighted by Crippen LogP contribution is -2.53. The van der Waals surface area contributed by atoms with E-state index in [2.05, 4.69) is 21.3 Å². The van der Waals surface area contributed by atoms with E-state index >= 15 is 0 Å². The molecule has 0 bridgehead atoms. The van der Waals surface area contributed by atoms with E-state index in [1.54, 1.807) is 19.0 Å². The number of nitrogens with one attached hydrogen (secondary N) is 1. The zero-order valence-electron chi connectivity index (χ0n) is 17.2. The van der Waals surface area contributed by atoms with E-state index in [9.17, 15) is 4.79 Å². The Morgan fingerprint density at radius 1 is 1.29 bits per heavy atom. The summed E-state index contributed by atoms with van der Waals surface area (Å²) < 4.78 is 11.7. The number of nitrogens with zero attached hydrogens (tertiary/aromatic N) is 3. The fourth-order valence-corrected chi connectivity index (χ4v) is 3.76. The largest absolute Gasteiger partial charge is 0.375 e. The summed E-state index contributed by atoms with van der Waals surface area (Å²) in [5, 5.41) is 3.45. The molecular formula is C21H32N4O3. The minimum atomic E-state index is 0.0270. The van der Waals surface area contributed by atoms with Crippen molar-refractivity contribution in [3.63, 3.8) is 0 Å². The van der Waals surface area contributed by atoms with E-state index in [4.69, 9.17) is 9.47 Å². The van der Waals surface area contributed by atoms with Gasteiger partial charge < -0.3 is 24.6 Å². The summed E-state index contributed by atoms with van der Waals surface area (Å²) >= 11 is 0. The molecule has 0 saturated carbocycles. The lowest BCUT2D eigenvalue weighted by atomic mass is 10.1. The number of ether oxygens (including phenoxy) is 2. The first-order valence-corrected chi connectivity index (χ1v) is 10.1. The van der Waals surface area contributed by atoms with E-state index in [1.807, 2.05) is 25.2 Å². The highest BCUT2D eigenvalue weighted by Crippen LogP contribution is 2.21. The number of morpholine rings is 1. The molecular weight excluding hydrogens is 356 g/mol. The third-order valence-corrected chi connectivity index (χ3v) is 5.26. The predicted molar refractivity (Wildman–Crippen MR) is 110 cm³/mol. The Labute approximate surface area is 167 Å². The first-order valence-electron chi connectivity index (χ1n) is 10.1. The van der Waals surface area contributed by atoms with Crippen LogP contribution in [0.1, 0.15) is 28.8 Å². The Morgan fingerprint density at radius 2 is 2.11 bits per heavy atom. The molecule has 2 aliphatic rings. The molecule has 2 saturated heterocycles. The van der Waals surface area contributed by atoms with Crippen LogP contribution in [0.3, 0.4) is 0 Å². The third kappa shape index (κ3) is 5.23. The molecule has 2 heterocycles. The van der Waals surface area contributed by atoms with Crippen molar-refractivity contribution in [2.45, 2.75) is 31.5 Å². The van der Waals surface area contributed by atoms with Gasteiger partial charge in [-0.3, -0.25) is 9.79 Å². The van der Waals surface area contributed by atoms with Gasteiger partial charge in [-0.1, -0.05) is 12.1 Å². The van der Waals surface area contributed by atoms with Crippen molar-refractivity contribution in [3.8, 4) is 0 Å². The second kappa shape index (κ2) is 9.89. The fraction of sp³-hybridized carbons (Fsp3) is 0.619. The molecule has 0 spiro atoms. The highest BCUT2D eigenvalue weighted by atomic mass is 16.5. The Kier molecular flexibility index (Phi) is 7.28. The van der Waals surface area contributed by atoms with Crippen molar-refractivity contribution in [2.75, 3.05) is 54.0 Å². The molecule has 154 valence electrons. The van der Waals surface area contributed by atoms with Crippen LogP contribution in [0.5, 0.6) is 0 Å². The number of hydrogen-bond donors (Lipinski definition) is 1. The van der Waals surface area contributed by atoms with Crippen LogP contribution in [-0.4, -0.2) is 87.9 Å². The normalized spacial score (nSPS) is 23.0. The first-order chi connectivity index (χ1) is 13.6. The highest BCUT2D eigenvalue weighted by molar-refractivity contribution is 5.94. The van der Waals surface area contributed by atoms with Gasteiger partial charge in [-0.05, 0) is 37.0 Å². The summed E-state index contributed by atoms with van der Waals surface area (Å²) in [4.78, 5) is 20.4. The Balaban J connectivity index is 1.51. The second-order valence-corrected chi connectivity index (χ2v) is 7.53. The zero-order chi connectivity index (χ0) is 19.9. The number of carbonyl (C=O) groups is 1. The average molecular weight is 389 g/mol. The van der Waals surface area contributed by atoms with Gasteiger partial charge in [0.15, 0.2) is 5.96 Å². The van der Waals surface area contributed by atoms with Crippen LogP contribution in [0.2, 0.25) is 0 Å². The van der Waals surface area contributed by atoms with Crippen molar-refractivity contribution in [3.05, 3.63) is 35.4 Å². The van der Waals surface area contributed by atoms with Crippen molar-refractivity contribution < 1.29 is 14.3 Å². The van der Waals surface area contributed by atoms with Gasteiger partial charge >= 0.3 is 0 Å². The van der Waals surface area contributed by atoms with Crippen LogP contribution in [0.15, 0.2) is 29.3 Å². The minimum Gasteiger partial charge on any atom is -0.375 e. The summed E-state index contributed by atoms with van der Waals surface area (Å²) in [6.45, 7) is 3.92. The van der Waals surface area contributed by atoms with E-state index < -0.39 is 0 Å². The summed E-state index contributed by atoms with van der Waals surface area (Å²) in [5.41, 5.74) is 1.86. The molecule has 7 nitrogen and oxygen atoms in total. The van der Waals surface area contributed by atoms with Gasteiger partial charge in [0.05, 0.1) is 12.7 Å². The molecule has 1 N–H and O–H groups in total. The molecule has 1 aromatic rings. The Bertz CT molecular complexity index is 686. The molecule has 2 fully saturated rings. The van der Waals surface area contributed by atoms with Crippen molar-refractivity contribution in [1.29, 1.82) is 0 Å². The third-order valence-electron chi connectivity index (χ3n) is 5.26. The Hall–Kier alpha value is -2.12. The second-order valence-electron chi connectivity index (χ2n) is 7.53. The fourth-order valence-electron chi connectivity index (χ4n) is 3.76. The highest BCUT2D eigenvalue weighted by Gasteiger charge is 2.32. The number of guanidine groups is 1. The molecule has 7 heteroatoms. The lowest BCUT2D eigenvalue weighted by Gasteiger charge is -2.37. The van der Waals surface area contributed by atoms with E-state index in [-0.39, 0.29) is 18.1 Å². The zero-order valence-corrected chi connectivity index (χ0v) is 17.2. The van der Waals surface area contributed by atoms with E-state index in [1.165, 1.54) is 0 Å². The molecule has 2 unspecified atom stereocenters. The molecule has 2 atom stereocenters. The van der Waals surface area contributed by atoms with Gasteiger partial charge in [0.2, 0.25) is 0 Å². The van der Waals surface area contributed by atoms with Crippen LogP contribution < -0.4 is 5.32 Å². The van der Waals surface area contributed by atoms with Crippen molar-refractivity contribution >= 4 is 11.9 Å².